The Hall–Kier alpha value is -2.44. The van der Waals surface area contributed by atoms with Gasteiger partial charge in [-0.1, -0.05) is 18.2 Å². The average molecular weight is 367 g/mol. The number of hydrogen-bond donors (Lipinski definition) is 1. The predicted octanol–water partition coefficient (Wildman–Crippen LogP) is 3.03. The number of carbonyl (C=O) groups excluding carboxylic acids is 1. The molecule has 1 aromatic heterocycles. The van der Waals surface area contributed by atoms with E-state index in [0.717, 1.165) is 49.0 Å². The van der Waals surface area contributed by atoms with E-state index in [-0.39, 0.29) is 6.10 Å². The lowest BCUT2D eigenvalue weighted by atomic mass is 9.89. The van der Waals surface area contributed by atoms with Gasteiger partial charge < -0.3 is 19.0 Å². The second-order valence-corrected chi connectivity index (χ2v) is 7.06. The van der Waals surface area contributed by atoms with E-state index < -0.39 is 0 Å². The van der Waals surface area contributed by atoms with Gasteiger partial charge in [-0.2, -0.15) is 0 Å². The van der Waals surface area contributed by atoms with Crippen LogP contribution >= 0.6 is 0 Å². The number of aryl methyl sites for hydroxylation is 1. The van der Waals surface area contributed by atoms with Crippen LogP contribution < -0.4 is 5.43 Å². The average Bonchev–Trinajstić information content (AvgIpc) is 3.26. The van der Waals surface area contributed by atoms with Crippen LogP contribution in [0.5, 0.6) is 0 Å². The number of oxazole rings is 1. The number of fused-ring (bicyclic) bond motifs is 1. The van der Waals surface area contributed by atoms with Gasteiger partial charge in [0.2, 0.25) is 5.89 Å². The number of nitrogens with one attached hydrogen (secondary N) is 1. The molecule has 1 fully saturated rings. The van der Waals surface area contributed by atoms with Crippen LogP contribution in [-0.4, -0.2) is 41.6 Å². The van der Waals surface area contributed by atoms with Crippen molar-refractivity contribution in [1.82, 2.24) is 15.4 Å². The minimum Gasteiger partial charge on any atom is -0.441 e. The molecule has 0 radical (unpaired) electrons. The first-order valence-corrected chi connectivity index (χ1v) is 9.56. The maximum atomic E-state index is 10.8. The van der Waals surface area contributed by atoms with E-state index in [4.69, 9.17) is 9.15 Å². The lowest BCUT2D eigenvalue weighted by Crippen LogP contribution is -2.40. The summed E-state index contributed by atoms with van der Waals surface area (Å²) in [5.41, 5.74) is 6.55. The van der Waals surface area contributed by atoms with E-state index in [1.54, 1.807) is 0 Å². The summed E-state index contributed by atoms with van der Waals surface area (Å²) in [6, 6.07) is 10.2. The quantitative estimate of drug-likeness (QED) is 0.759. The standard InChI is InChI=1S/C21H25N3O3/c1-15-18(22-21(27-15)16-6-3-2-4-7-16)10-13-26-20-9-5-8-19-17(20)14-24(23-19)11-12-25/h2-4,6-7,12,14,19-20,23H,5,8-11,13H2,1H3. The predicted molar refractivity (Wildman–Crippen MR) is 102 cm³/mol. The topological polar surface area (TPSA) is 67.6 Å². The van der Waals surface area contributed by atoms with Crippen molar-refractivity contribution < 1.29 is 13.9 Å². The number of benzene rings is 1. The van der Waals surface area contributed by atoms with Gasteiger partial charge in [-0.05, 0) is 43.9 Å². The zero-order valence-corrected chi connectivity index (χ0v) is 15.6. The zero-order chi connectivity index (χ0) is 18.6. The Kier molecular flexibility index (Phi) is 5.36. The van der Waals surface area contributed by atoms with Crippen LogP contribution in [0.4, 0.5) is 0 Å². The minimum atomic E-state index is 0.105. The molecule has 27 heavy (non-hydrogen) atoms. The lowest BCUT2D eigenvalue weighted by Gasteiger charge is -2.29. The summed E-state index contributed by atoms with van der Waals surface area (Å²) in [6.45, 7) is 2.92. The second kappa shape index (κ2) is 8.06. The van der Waals surface area contributed by atoms with E-state index in [1.807, 2.05) is 48.5 Å². The fourth-order valence-corrected chi connectivity index (χ4v) is 3.82. The summed E-state index contributed by atoms with van der Waals surface area (Å²) in [5.74, 6) is 1.51. The Morgan fingerprint density at radius 1 is 1.33 bits per heavy atom. The highest BCUT2D eigenvalue weighted by Crippen LogP contribution is 2.30. The van der Waals surface area contributed by atoms with Crippen molar-refractivity contribution in [2.75, 3.05) is 13.2 Å². The fraction of sp³-hybridized carbons (Fsp3) is 0.429. The van der Waals surface area contributed by atoms with Crippen molar-refractivity contribution in [1.29, 1.82) is 0 Å². The van der Waals surface area contributed by atoms with Gasteiger partial charge in [-0.15, -0.1) is 0 Å². The van der Waals surface area contributed by atoms with Crippen molar-refractivity contribution in [3.63, 3.8) is 0 Å². The lowest BCUT2D eigenvalue weighted by molar-refractivity contribution is -0.108. The third kappa shape index (κ3) is 3.96. The number of nitrogens with zero attached hydrogens (tertiary/aromatic N) is 2. The summed E-state index contributed by atoms with van der Waals surface area (Å²) >= 11 is 0. The number of aldehydes is 1. The van der Waals surface area contributed by atoms with Crippen molar-refractivity contribution in [2.45, 2.75) is 44.8 Å². The van der Waals surface area contributed by atoms with Crippen LogP contribution in [0.25, 0.3) is 11.5 Å². The van der Waals surface area contributed by atoms with Gasteiger partial charge in [-0.3, -0.25) is 0 Å². The van der Waals surface area contributed by atoms with Gasteiger partial charge in [0, 0.05) is 18.2 Å². The summed E-state index contributed by atoms with van der Waals surface area (Å²) in [4.78, 5) is 15.4. The van der Waals surface area contributed by atoms with Crippen LogP contribution in [0.2, 0.25) is 0 Å². The van der Waals surface area contributed by atoms with Crippen LogP contribution in [-0.2, 0) is 16.0 Å². The number of aromatic nitrogens is 1. The van der Waals surface area contributed by atoms with Crippen molar-refractivity contribution in [2.24, 2.45) is 0 Å². The van der Waals surface area contributed by atoms with Crippen LogP contribution in [0, 0.1) is 6.92 Å². The molecule has 2 unspecified atom stereocenters. The van der Waals surface area contributed by atoms with Gasteiger partial charge in [0.05, 0.1) is 31.0 Å². The Morgan fingerprint density at radius 3 is 3.00 bits per heavy atom. The Bertz CT molecular complexity index is 815. The minimum absolute atomic E-state index is 0.105. The first-order valence-electron chi connectivity index (χ1n) is 9.56. The molecule has 2 aliphatic rings. The highest BCUT2D eigenvalue weighted by molar-refractivity contribution is 5.53. The molecule has 2 aromatic rings. The normalized spacial score (nSPS) is 21.8. The number of hydrogen-bond acceptors (Lipinski definition) is 6. The molecule has 6 heteroatoms. The molecule has 4 rings (SSSR count). The number of carbonyl (C=O) groups is 1. The Morgan fingerprint density at radius 2 is 2.19 bits per heavy atom. The first kappa shape index (κ1) is 17.9. The number of rotatable bonds is 7. The Balaban J connectivity index is 1.36. The molecule has 0 spiro atoms. The SMILES string of the molecule is Cc1oc(-c2ccccc2)nc1CCOC1CCCC2NN(CC=O)C=C21. The van der Waals surface area contributed by atoms with Gasteiger partial charge >= 0.3 is 0 Å². The number of hydrazine groups is 1. The summed E-state index contributed by atoms with van der Waals surface area (Å²) in [7, 11) is 0. The molecule has 2 atom stereocenters. The van der Waals surface area contributed by atoms with Crippen molar-refractivity contribution >= 4 is 6.29 Å². The highest BCUT2D eigenvalue weighted by Gasteiger charge is 2.33. The smallest absolute Gasteiger partial charge is 0.226 e. The molecule has 6 nitrogen and oxygen atoms in total. The molecule has 1 N–H and O–H groups in total. The maximum Gasteiger partial charge on any atom is 0.226 e. The zero-order valence-electron chi connectivity index (χ0n) is 15.6. The van der Waals surface area contributed by atoms with E-state index in [9.17, 15) is 4.79 Å². The first-order chi connectivity index (χ1) is 13.2. The molecule has 0 amide bonds. The van der Waals surface area contributed by atoms with Crippen LogP contribution in [0.3, 0.4) is 0 Å². The molecule has 0 bridgehead atoms. The van der Waals surface area contributed by atoms with E-state index in [0.29, 0.717) is 25.1 Å². The van der Waals surface area contributed by atoms with E-state index in [2.05, 4.69) is 10.4 Å². The largest absolute Gasteiger partial charge is 0.441 e. The maximum absolute atomic E-state index is 10.8. The van der Waals surface area contributed by atoms with Gasteiger partial charge in [0.1, 0.15) is 12.0 Å². The fourth-order valence-electron chi connectivity index (χ4n) is 3.82. The molecule has 2 heterocycles. The molecular weight excluding hydrogens is 342 g/mol. The van der Waals surface area contributed by atoms with E-state index in [1.165, 1.54) is 5.57 Å². The monoisotopic (exact) mass is 367 g/mol. The third-order valence-electron chi connectivity index (χ3n) is 5.20. The molecule has 1 aliphatic carbocycles. The Labute approximate surface area is 159 Å². The summed E-state index contributed by atoms with van der Waals surface area (Å²) in [5, 5.41) is 1.86. The molecule has 142 valence electrons. The van der Waals surface area contributed by atoms with Gasteiger partial charge in [0.25, 0.3) is 0 Å². The van der Waals surface area contributed by atoms with Gasteiger partial charge in [-0.25, -0.2) is 10.4 Å². The van der Waals surface area contributed by atoms with Crippen molar-refractivity contribution in [3.8, 4) is 11.5 Å². The molecule has 0 saturated heterocycles. The van der Waals surface area contributed by atoms with E-state index >= 15 is 0 Å². The van der Waals surface area contributed by atoms with Gasteiger partial charge in [0.15, 0.2) is 0 Å². The van der Waals surface area contributed by atoms with Crippen molar-refractivity contribution in [3.05, 3.63) is 53.6 Å². The molecule has 1 saturated carbocycles. The molecule has 1 aromatic carbocycles. The molecule has 1 aliphatic heterocycles. The van der Waals surface area contributed by atoms with Crippen LogP contribution in [0.15, 0.2) is 46.5 Å². The molecular formula is C21H25N3O3. The second-order valence-electron chi connectivity index (χ2n) is 7.06. The third-order valence-corrected chi connectivity index (χ3v) is 5.20. The number of ether oxygens (including phenoxy) is 1. The van der Waals surface area contributed by atoms with Crippen LogP contribution in [0.1, 0.15) is 30.7 Å². The summed E-state index contributed by atoms with van der Waals surface area (Å²) in [6.07, 6.45) is 7.01. The summed E-state index contributed by atoms with van der Waals surface area (Å²) < 4.78 is 12.0. The highest BCUT2D eigenvalue weighted by atomic mass is 16.5.